The Labute approximate surface area is 104 Å². The molecule has 1 saturated carbocycles. The molecule has 2 heterocycles. The van der Waals surface area contributed by atoms with Crippen LogP contribution in [0.3, 0.4) is 0 Å². The number of anilines is 1. The molecule has 94 valence electrons. The molecule has 1 aliphatic heterocycles. The molecular formula is C9H14N4O2S2. The van der Waals surface area contributed by atoms with Gasteiger partial charge in [-0.25, -0.2) is 13.1 Å². The average Bonchev–Trinajstić information content (AvgIpc) is 2.97. The Hall–Kier alpha value is -0.730. The highest BCUT2D eigenvalue weighted by atomic mass is 32.2. The number of hydrogen-bond acceptors (Lipinski definition) is 6. The van der Waals surface area contributed by atoms with E-state index in [1.807, 2.05) is 11.8 Å². The van der Waals surface area contributed by atoms with Gasteiger partial charge in [-0.2, -0.15) is 0 Å². The zero-order valence-electron chi connectivity index (χ0n) is 9.46. The highest BCUT2D eigenvalue weighted by Crippen LogP contribution is 2.29. The van der Waals surface area contributed by atoms with E-state index in [1.54, 1.807) is 0 Å². The molecule has 2 fully saturated rings. The van der Waals surface area contributed by atoms with Gasteiger partial charge in [-0.1, -0.05) is 11.3 Å². The predicted molar refractivity (Wildman–Crippen MR) is 65.7 cm³/mol. The summed E-state index contributed by atoms with van der Waals surface area (Å²) in [4.78, 5) is 2.05. The third kappa shape index (κ3) is 2.29. The van der Waals surface area contributed by atoms with Crippen LogP contribution >= 0.6 is 11.3 Å². The molecule has 1 aliphatic carbocycles. The van der Waals surface area contributed by atoms with E-state index in [0.29, 0.717) is 13.1 Å². The first kappa shape index (κ1) is 11.4. The van der Waals surface area contributed by atoms with Crippen molar-refractivity contribution in [3.8, 4) is 0 Å². The molecule has 0 atom stereocenters. The van der Waals surface area contributed by atoms with Crippen molar-refractivity contribution in [2.45, 2.75) is 31.1 Å². The molecule has 0 aromatic carbocycles. The molecule has 0 spiro atoms. The zero-order chi connectivity index (χ0) is 12.0. The van der Waals surface area contributed by atoms with Gasteiger partial charge in [-0.3, -0.25) is 0 Å². The van der Waals surface area contributed by atoms with Crippen LogP contribution in [-0.2, 0) is 10.0 Å². The minimum atomic E-state index is -3.06. The van der Waals surface area contributed by atoms with Crippen LogP contribution in [0.25, 0.3) is 0 Å². The SMILES string of the molecule is Cc1nnc(N2CC(NS(=O)(=O)C3CC3)C2)s1. The molecule has 1 N–H and O–H groups in total. The van der Waals surface area contributed by atoms with E-state index in [4.69, 9.17) is 0 Å². The van der Waals surface area contributed by atoms with Crippen molar-refractivity contribution >= 4 is 26.5 Å². The largest absolute Gasteiger partial charge is 0.343 e. The first-order chi connectivity index (χ1) is 8.04. The van der Waals surface area contributed by atoms with Crippen molar-refractivity contribution in [1.29, 1.82) is 0 Å². The van der Waals surface area contributed by atoms with E-state index < -0.39 is 10.0 Å². The van der Waals surface area contributed by atoms with E-state index in [0.717, 1.165) is 23.0 Å². The van der Waals surface area contributed by atoms with Crippen molar-refractivity contribution in [3.63, 3.8) is 0 Å². The molecule has 0 amide bonds. The summed E-state index contributed by atoms with van der Waals surface area (Å²) in [7, 11) is -3.06. The third-order valence-corrected chi connectivity index (χ3v) is 5.87. The van der Waals surface area contributed by atoms with E-state index >= 15 is 0 Å². The number of nitrogens with zero attached hydrogens (tertiary/aromatic N) is 3. The minimum absolute atomic E-state index is 0.0322. The first-order valence-electron chi connectivity index (χ1n) is 5.61. The van der Waals surface area contributed by atoms with Gasteiger partial charge in [-0.05, 0) is 19.8 Å². The summed E-state index contributed by atoms with van der Waals surface area (Å²) < 4.78 is 26.1. The van der Waals surface area contributed by atoms with Crippen molar-refractivity contribution < 1.29 is 8.42 Å². The van der Waals surface area contributed by atoms with E-state index in [1.165, 1.54) is 11.3 Å². The molecule has 0 bridgehead atoms. The van der Waals surface area contributed by atoms with E-state index in [-0.39, 0.29) is 11.3 Å². The maximum Gasteiger partial charge on any atom is 0.214 e. The number of aryl methyl sites for hydroxylation is 1. The number of hydrogen-bond donors (Lipinski definition) is 1. The second-order valence-corrected chi connectivity index (χ2v) is 7.72. The van der Waals surface area contributed by atoms with Crippen molar-refractivity contribution in [1.82, 2.24) is 14.9 Å². The summed E-state index contributed by atoms with van der Waals surface area (Å²) in [5, 5.41) is 9.65. The molecule has 1 aromatic heterocycles. The Balaban J connectivity index is 1.55. The summed E-state index contributed by atoms with van der Waals surface area (Å²) in [5.74, 6) is 0. The number of rotatable bonds is 4. The Bertz CT molecular complexity index is 517. The number of nitrogens with one attached hydrogen (secondary N) is 1. The molecule has 8 heteroatoms. The molecule has 17 heavy (non-hydrogen) atoms. The van der Waals surface area contributed by atoms with Crippen molar-refractivity contribution in [2.75, 3.05) is 18.0 Å². The van der Waals surface area contributed by atoms with Gasteiger partial charge in [0.05, 0.1) is 11.3 Å². The van der Waals surface area contributed by atoms with Crippen LogP contribution < -0.4 is 9.62 Å². The normalized spacial score (nSPS) is 21.6. The van der Waals surface area contributed by atoms with Gasteiger partial charge in [0.1, 0.15) is 5.01 Å². The van der Waals surface area contributed by atoms with Crippen LogP contribution in [0.4, 0.5) is 5.13 Å². The van der Waals surface area contributed by atoms with Crippen LogP contribution in [0.2, 0.25) is 0 Å². The number of aromatic nitrogens is 2. The maximum absolute atomic E-state index is 11.7. The molecule has 0 radical (unpaired) electrons. The van der Waals surface area contributed by atoms with Crippen LogP contribution in [-0.4, -0.2) is 43.0 Å². The van der Waals surface area contributed by atoms with Crippen LogP contribution in [0, 0.1) is 6.92 Å². The Morgan fingerprint density at radius 1 is 1.35 bits per heavy atom. The zero-order valence-corrected chi connectivity index (χ0v) is 11.1. The van der Waals surface area contributed by atoms with Crippen LogP contribution in [0.15, 0.2) is 0 Å². The Morgan fingerprint density at radius 3 is 2.59 bits per heavy atom. The highest BCUT2D eigenvalue weighted by Gasteiger charge is 2.40. The summed E-state index contributed by atoms with van der Waals surface area (Å²) >= 11 is 1.54. The third-order valence-electron chi connectivity index (χ3n) is 2.96. The van der Waals surface area contributed by atoms with Gasteiger partial charge in [0.2, 0.25) is 15.2 Å². The fourth-order valence-corrected chi connectivity index (χ4v) is 4.10. The van der Waals surface area contributed by atoms with Crippen LogP contribution in [0.1, 0.15) is 17.8 Å². The number of sulfonamides is 1. The lowest BCUT2D eigenvalue weighted by molar-refractivity contribution is 0.467. The maximum atomic E-state index is 11.7. The van der Waals surface area contributed by atoms with Crippen molar-refractivity contribution in [2.24, 2.45) is 0 Å². The fourth-order valence-electron chi connectivity index (χ4n) is 1.83. The highest BCUT2D eigenvalue weighted by molar-refractivity contribution is 7.90. The van der Waals surface area contributed by atoms with Gasteiger partial charge < -0.3 is 4.90 Å². The second-order valence-electron chi connectivity index (χ2n) is 4.57. The fraction of sp³-hybridized carbons (Fsp3) is 0.778. The minimum Gasteiger partial charge on any atom is -0.343 e. The van der Waals surface area contributed by atoms with Crippen LogP contribution in [0.5, 0.6) is 0 Å². The molecule has 1 aromatic rings. The van der Waals surface area contributed by atoms with Gasteiger partial charge in [-0.15, -0.1) is 10.2 Å². The smallest absolute Gasteiger partial charge is 0.214 e. The molecule has 2 aliphatic rings. The monoisotopic (exact) mass is 274 g/mol. The van der Waals surface area contributed by atoms with Gasteiger partial charge in [0, 0.05) is 13.1 Å². The standard InChI is InChI=1S/C9H14N4O2S2/c1-6-10-11-9(16-6)13-4-7(5-13)12-17(14,15)8-2-3-8/h7-8,12H,2-5H2,1H3. The summed E-state index contributed by atoms with van der Waals surface area (Å²) in [6, 6.07) is 0.0322. The molecular weight excluding hydrogens is 260 g/mol. The summed E-state index contributed by atoms with van der Waals surface area (Å²) in [6.45, 7) is 3.30. The second kappa shape index (κ2) is 3.89. The average molecular weight is 274 g/mol. The van der Waals surface area contributed by atoms with E-state index in [9.17, 15) is 8.42 Å². The molecule has 1 saturated heterocycles. The first-order valence-corrected chi connectivity index (χ1v) is 7.97. The lowest BCUT2D eigenvalue weighted by Crippen LogP contribution is -2.59. The lowest BCUT2D eigenvalue weighted by atomic mass is 10.1. The Kier molecular flexibility index (Phi) is 2.60. The predicted octanol–water partition coefficient (Wildman–Crippen LogP) is 0.117. The summed E-state index contributed by atoms with van der Waals surface area (Å²) in [6.07, 6.45) is 1.61. The Morgan fingerprint density at radius 2 is 2.06 bits per heavy atom. The molecule has 3 rings (SSSR count). The molecule has 6 nitrogen and oxygen atoms in total. The van der Waals surface area contributed by atoms with Crippen molar-refractivity contribution in [3.05, 3.63) is 5.01 Å². The van der Waals surface area contributed by atoms with Gasteiger partial charge in [0.15, 0.2) is 0 Å². The summed E-state index contributed by atoms with van der Waals surface area (Å²) in [5.41, 5.74) is 0. The van der Waals surface area contributed by atoms with Gasteiger partial charge in [0.25, 0.3) is 0 Å². The van der Waals surface area contributed by atoms with E-state index in [2.05, 4.69) is 14.9 Å². The topological polar surface area (TPSA) is 75.2 Å². The molecule has 0 unspecified atom stereocenters. The quantitative estimate of drug-likeness (QED) is 0.844. The lowest BCUT2D eigenvalue weighted by Gasteiger charge is -2.38. The van der Waals surface area contributed by atoms with Gasteiger partial charge >= 0.3 is 0 Å².